The average Bonchev–Trinajstić information content (AvgIpc) is 2.45. The lowest BCUT2D eigenvalue weighted by molar-refractivity contribution is -0.140. The second-order valence-corrected chi connectivity index (χ2v) is 6.19. The molecule has 0 aliphatic carbocycles. The molecule has 0 saturated carbocycles. The summed E-state index contributed by atoms with van der Waals surface area (Å²) in [4.78, 5) is 19.1. The molecule has 1 amide bonds. The van der Waals surface area contributed by atoms with Crippen LogP contribution in [0.2, 0.25) is 0 Å². The van der Waals surface area contributed by atoms with Gasteiger partial charge in [0, 0.05) is 17.2 Å². The molecule has 1 N–H and O–H groups in total. The van der Waals surface area contributed by atoms with E-state index in [1.54, 1.807) is 20.8 Å². The highest BCUT2D eigenvalue weighted by Gasteiger charge is 2.37. The highest BCUT2D eigenvalue weighted by atomic mass is 19.4. The van der Waals surface area contributed by atoms with Gasteiger partial charge in [-0.25, -0.2) is 9.37 Å². The molecule has 2 aromatic heterocycles. The number of hydrogen-bond donors (Lipinski definition) is 1. The Balaban J connectivity index is 2.49. The van der Waals surface area contributed by atoms with Gasteiger partial charge in [0.1, 0.15) is 5.82 Å². The number of hydrogen-bond acceptors (Lipinski definition) is 3. The van der Waals surface area contributed by atoms with Gasteiger partial charge in [0.2, 0.25) is 5.91 Å². The van der Waals surface area contributed by atoms with E-state index in [2.05, 4.69) is 15.3 Å². The molecule has 2 heterocycles. The third-order valence-corrected chi connectivity index (χ3v) is 3.09. The van der Waals surface area contributed by atoms with Crippen LogP contribution in [0.3, 0.4) is 0 Å². The number of carbonyl (C=O) groups excluding carboxylic acids is 1. The summed E-state index contributed by atoms with van der Waals surface area (Å²) in [7, 11) is 0. The Hall–Kier alpha value is -2.51. The Morgan fingerprint density at radius 2 is 1.79 bits per heavy atom. The fourth-order valence-electron chi connectivity index (χ4n) is 1.80. The average molecular weight is 341 g/mol. The quantitative estimate of drug-likeness (QED) is 0.829. The lowest BCUT2D eigenvalue weighted by atomic mass is 9.95. The smallest absolute Gasteiger partial charge is 0.324 e. The summed E-state index contributed by atoms with van der Waals surface area (Å²) in [5.74, 6) is -1.26. The van der Waals surface area contributed by atoms with Gasteiger partial charge in [-0.1, -0.05) is 20.8 Å². The van der Waals surface area contributed by atoms with E-state index in [-0.39, 0.29) is 11.3 Å². The molecule has 4 nitrogen and oxygen atoms in total. The molecular formula is C16H15F4N3O. The van der Waals surface area contributed by atoms with Gasteiger partial charge >= 0.3 is 6.18 Å². The number of halogens is 4. The summed E-state index contributed by atoms with van der Waals surface area (Å²) < 4.78 is 53.0. The van der Waals surface area contributed by atoms with E-state index < -0.39 is 34.7 Å². The highest BCUT2D eigenvalue weighted by Crippen LogP contribution is 2.35. The predicted molar refractivity (Wildman–Crippen MR) is 80.5 cm³/mol. The van der Waals surface area contributed by atoms with Crippen molar-refractivity contribution in [3.8, 4) is 11.3 Å². The zero-order valence-corrected chi connectivity index (χ0v) is 13.2. The molecule has 0 aromatic carbocycles. The third kappa shape index (κ3) is 4.06. The van der Waals surface area contributed by atoms with E-state index in [9.17, 15) is 22.4 Å². The Labute approximate surface area is 135 Å². The number of carbonyl (C=O) groups is 1. The molecule has 0 radical (unpaired) electrons. The predicted octanol–water partition coefficient (Wildman–Crippen LogP) is 4.29. The summed E-state index contributed by atoms with van der Waals surface area (Å²) in [5.41, 5.74) is -2.55. The molecule has 8 heteroatoms. The second kappa shape index (κ2) is 6.18. The molecule has 0 aliphatic heterocycles. The summed E-state index contributed by atoms with van der Waals surface area (Å²) in [5, 5.41) is 2.24. The SMILES string of the molecule is CC(C)(C)C(=O)Nc1ccc(-c2cncc(F)c2)nc1C(F)(F)F. The van der Waals surface area contributed by atoms with E-state index in [0.29, 0.717) is 0 Å². The van der Waals surface area contributed by atoms with Crippen LogP contribution in [0.5, 0.6) is 0 Å². The maximum absolute atomic E-state index is 13.3. The Kier molecular flexibility index (Phi) is 4.59. The molecule has 0 bridgehead atoms. The first-order chi connectivity index (χ1) is 11.0. The third-order valence-electron chi connectivity index (χ3n) is 3.09. The first-order valence-corrected chi connectivity index (χ1v) is 6.99. The summed E-state index contributed by atoms with van der Waals surface area (Å²) in [6.45, 7) is 4.74. The van der Waals surface area contributed by atoms with Crippen molar-refractivity contribution in [1.82, 2.24) is 9.97 Å². The Morgan fingerprint density at radius 3 is 2.33 bits per heavy atom. The van der Waals surface area contributed by atoms with Gasteiger partial charge in [-0.3, -0.25) is 9.78 Å². The standard InChI is InChI=1S/C16H15F4N3O/c1-15(2,3)14(24)23-12-5-4-11(22-13(12)16(18,19)20)9-6-10(17)8-21-7-9/h4-8H,1-3H3,(H,23,24). The first-order valence-electron chi connectivity index (χ1n) is 6.99. The van der Waals surface area contributed by atoms with Crippen LogP contribution >= 0.6 is 0 Å². The number of aromatic nitrogens is 2. The molecule has 0 unspecified atom stereocenters. The van der Waals surface area contributed by atoms with Gasteiger partial charge in [0.25, 0.3) is 0 Å². The molecule has 24 heavy (non-hydrogen) atoms. The number of nitrogens with zero attached hydrogens (tertiary/aromatic N) is 2. The lowest BCUT2D eigenvalue weighted by Gasteiger charge is -2.20. The summed E-state index contributed by atoms with van der Waals surface area (Å²) >= 11 is 0. The monoisotopic (exact) mass is 341 g/mol. The number of amides is 1. The lowest BCUT2D eigenvalue weighted by Crippen LogP contribution is -2.29. The van der Waals surface area contributed by atoms with Crippen LogP contribution in [0.1, 0.15) is 26.5 Å². The molecule has 2 rings (SSSR count). The van der Waals surface area contributed by atoms with Crippen LogP contribution in [-0.4, -0.2) is 15.9 Å². The molecule has 0 atom stereocenters. The van der Waals surface area contributed by atoms with Crippen LogP contribution in [0.15, 0.2) is 30.6 Å². The van der Waals surface area contributed by atoms with Gasteiger partial charge in [0.15, 0.2) is 5.69 Å². The zero-order valence-electron chi connectivity index (χ0n) is 13.2. The summed E-state index contributed by atoms with van der Waals surface area (Å²) in [6, 6.07) is 3.40. The molecule has 0 aliphatic rings. The van der Waals surface area contributed by atoms with Crippen molar-refractivity contribution < 1.29 is 22.4 Å². The number of nitrogens with one attached hydrogen (secondary N) is 1. The van der Waals surface area contributed by atoms with Gasteiger partial charge in [-0.2, -0.15) is 13.2 Å². The maximum Gasteiger partial charge on any atom is 0.435 e. The van der Waals surface area contributed by atoms with Crippen LogP contribution in [0, 0.1) is 11.2 Å². The molecule has 0 spiro atoms. The topological polar surface area (TPSA) is 54.9 Å². The van der Waals surface area contributed by atoms with Crippen LogP contribution < -0.4 is 5.32 Å². The van der Waals surface area contributed by atoms with E-state index in [4.69, 9.17) is 0 Å². The van der Waals surface area contributed by atoms with Gasteiger partial charge < -0.3 is 5.32 Å². The highest BCUT2D eigenvalue weighted by molar-refractivity contribution is 5.95. The van der Waals surface area contributed by atoms with Crippen molar-refractivity contribution in [1.29, 1.82) is 0 Å². The van der Waals surface area contributed by atoms with Crippen molar-refractivity contribution in [2.24, 2.45) is 5.41 Å². The number of alkyl halides is 3. The molecule has 2 aromatic rings. The van der Waals surface area contributed by atoms with E-state index in [1.165, 1.54) is 12.3 Å². The summed E-state index contributed by atoms with van der Waals surface area (Å²) in [6.07, 6.45) is -2.64. The molecule has 128 valence electrons. The first kappa shape index (κ1) is 17.8. The minimum Gasteiger partial charge on any atom is -0.324 e. The minimum absolute atomic E-state index is 0.0944. The van der Waals surface area contributed by atoms with E-state index in [1.807, 2.05) is 0 Å². The molecular weight excluding hydrogens is 326 g/mol. The normalized spacial score (nSPS) is 12.1. The van der Waals surface area contributed by atoms with Crippen molar-refractivity contribution >= 4 is 11.6 Å². The zero-order chi connectivity index (χ0) is 18.1. The van der Waals surface area contributed by atoms with Crippen molar-refractivity contribution in [2.45, 2.75) is 26.9 Å². The second-order valence-electron chi connectivity index (χ2n) is 6.19. The van der Waals surface area contributed by atoms with E-state index >= 15 is 0 Å². The van der Waals surface area contributed by atoms with Crippen molar-refractivity contribution in [3.05, 3.63) is 42.1 Å². The van der Waals surface area contributed by atoms with Gasteiger partial charge in [0.05, 0.1) is 17.6 Å². The molecule has 0 fully saturated rings. The van der Waals surface area contributed by atoms with Gasteiger partial charge in [-0.15, -0.1) is 0 Å². The van der Waals surface area contributed by atoms with Crippen LogP contribution in [0.25, 0.3) is 11.3 Å². The van der Waals surface area contributed by atoms with E-state index in [0.717, 1.165) is 18.3 Å². The number of anilines is 1. The fourth-order valence-corrected chi connectivity index (χ4v) is 1.80. The van der Waals surface area contributed by atoms with Crippen LogP contribution in [-0.2, 0) is 11.0 Å². The van der Waals surface area contributed by atoms with Gasteiger partial charge in [-0.05, 0) is 18.2 Å². The van der Waals surface area contributed by atoms with Crippen molar-refractivity contribution in [3.63, 3.8) is 0 Å². The Morgan fingerprint density at radius 1 is 1.12 bits per heavy atom. The minimum atomic E-state index is -4.78. The number of pyridine rings is 2. The number of rotatable bonds is 2. The Bertz CT molecular complexity index is 767. The van der Waals surface area contributed by atoms with Crippen LogP contribution in [0.4, 0.5) is 23.2 Å². The van der Waals surface area contributed by atoms with Crippen molar-refractivity contribution in [2.75, 3.05) is 5.32 Å². The molecule has 0 saturated heterocycles. The fraction of sp³-hybridized carbons (Fsp3) is 0.312. The maximum atomic E-state index is 13.3. The largest absolute Gasteiger partial charge is 0.435 e.